The predicted molar refractivity (Wildman–Crippen MR) is 80.0 cm³/mol. The normalized spacial score (nSPS) is 19.1. The molecule has 1 aromatic rings. The molecule has 0 saturated heterocycles. The van der Waals surface area contributed by atoms with Crippen LogP contribution in [0.4, 0.5) is 0 Å². The van der Waals surface area contributed by atoms with Crippen LogP contribution in [0.2, 0.25) is 0 Å². The predicted octanol–water partition coefficient (Wildman–Crippen LogP) is 1.90. The first-order chi connectivity index (χ1) is 9.80. The van der Waals surface area contributed by atoms with E-state index >= 15 is 0 Å². The van der Waals surface area contributed by atoms with E-state index in [9.17, 15) is 13.2 Å². The van der Waals surface area contributed by atoms with Crippen LogP contribution in [-0.4, -0.2) is 38.4 Å². The molecule has 1 aliphatic heterocycles. The molecule has 1 aliphatic rings. The number of nitrogens with zero attached hydrogens (tertiary/aromatic N) is 1. The molecular formula is C15H19NO4S. The molecule has 6 heteroatoms. The zero-order valence-corrected chi connectivity index (χ0v) is 13.2. The summed E-state index contributed by atoms with van der Waals surface area (Å²) >= 11 is 0. The summed E-state index contributed by atoms with van der Waals surface area (Å²) in [5.41, 5.74) is 1.29. The van der Waals surface area contributed by atoms with E-state index in [0.717, 1.165) is 0 Å². The Hall–Kier alpha value is -1.66. The van der Waals surface area contributed by atoms with Gasteiger partial charge in [-0.1, -0.05) is 38.6 Å². The summed E-state index contributed by atoms with van der Waals surface area (Å²) in [6, 6.07) is 5.85. The Morgan fingerprint density at radius 3 is 2.52 bits per heavy atom. The Morgan fingerprint density at radius 2 is 1.95 bits per heavy atom. The van der Waals surface area contributed by atoms with Gasteiger partial charge >= 0.3 is 5.97 Å². The van der Waals surface area contributed by atoms with E-state index in [4.69, 9.17) is 4.74 Å². The number of fused-ring (bicyclic) bond motifs is 1. The second-order valence-electron chi connectivity index (χ2n) is 5.36. The summed E-state index contributed by atoms with van der Waals surface area (Å²) in [6.45, 7) is 7.62. The zero-order chi connectivity index (χ0) is 15.8. The van der Waals surface area contributed by atoms with E-state index in [1.54, 1.807) is 32.0 Å². The first-order valence-electron chi connectivity index (χ1n) is 6.67. The second kappa shape index (κ2) is 5.61. The van der Waals surface area contributed by atoms with Crippen molar-refractivity contribution in [3.05, 3.63) is 36.4 Å². The topological polar surface area (TPSA) is 63.7 Å². The van der Waals surface area contributed by atoms with Crippen molar-refractivity contribution < 1.29 is 17.9 Å². The van der Waals surface area contributed by atoms with E-state index in [1.807, 2.05) is 0 Å². The van der Waals surface area contributed by atoms with Gasteiger partial charge in [-0.25, -0.2) is 8.42 Å². The number of ether oxygens (including phenoxy) is 1. The fraction of sp³-hybridized carbons (Fsp3) is 0.400. The average Bonchev–Trinajstić information content (AvgIpc) is 2.44. The van der Waals surface area contributed by atoms with Crippen LogP contribution < -0.4 is 0 Å². The minimum absolute atomic E-state index is 0.0945. The molecule has 0 N–H and O–H groups in total. The number of methoxy groups -OCH3 is 1. The number of benzene rings is 1. The van der Waals surface area contributed by atoms with Crippen molar-refractivity contribution in [1.82, 2.24) is 4.31 Å². The molecule has 114 valence electrons. The van der Waals surface area contributed by atoms with Crippen LogP contribution in [0.3, 0.4) is 0 Å². The van der Waals surface area contributed by atoms with E-state index in [1.165, 1.54) is 17.5 Å². The van der Waals surface area contributed by atoms with Gasteiger partial charge in [-0.3, -0.25) is 4.79 Å². The third-order valence-corrected chi connectivity index (χ3v) is 5.47. The molecule has 1 atom stereocenters. The van der Waals surface area contributed by atoms with E-state index < -0.39 is 22.0 Å². The van der Waals surface area contributed by atoms with Gasteiger partial charge in [-0.15, -0.1) is 0 Å². The van der Waals surface area contributed by atoms with Crippen LogP contribution in [0, 0.1) is 5.92 Å². The maximum absolute atomic E-state index is 12.8. The monoisotopic (exact) mass is 309 g/mol. The molecule has 0 amide bonds. The Balaban J connectivity index is 2.57. The smallest absolute Gasteiger partial charge is 0.324 e. The van der Waals surface area contributed by atoms with Crippen molar-refractivity contribution in [2.45, 2.75) is 24.8 Å². The van der Waals surface area contributed by atoms with Crippen LogP contribution in [-0.2, 0) is 19.6 Å². The molecule has 0 radical (unpaired) electrons. The van der Waals surface area contributed by atoms with Gasteiger partial charge in [0.15, 0.2) is 0 Å². The van der Waals surface area contributed by atoms with Crippen LogP contribution in [0.5, 0.6) is 0 Å². The van der Waals surface area contributed by atoms with Gasteiger partial charge in [-0.05, 0) is 23.1 Å². The summed E-state index contributed by atoms with van der Waals surface area (Å²) in [4.78, 5) is 12.2. The number of hydrogen-bond acceptors (Lipinski definition) is 4. The maximum Gasteiger partial charge on any atom is 0.324 e. The van der Waals surface area contributed by atoms with Crippen molar-refractivity contribution in [2.75, 3.05) is 13.7 Å². The summed E-state index contributed by atoms with van der Waals surface area (Å²) in [5.74, 6) is -0.758. The van der Waals surface area contributed by atoms with Gasteiger partial charge in [-0.2, -0.15) is 4.31 Å². The third-order valence-electron chi connectivity index (χ3n) is 3.59. The molecule has 1 aromatic carbocycles. The van der Waals surface area contributed by atoms with E-state index in [2.05, 4.69) is 6.58 Å². The number of hydrogen-bond donors (Lipinski definition) is 0. The SMILES string of the molecule is C=C1CN([C@@H](C(=O)OC)C(C)C)S(=O)(=O)c2ccccc21. The van der Waals surface area contributed by atoms with E-state index in [0.29, 0.717) is 11.1 Å². The van der Waals surface area contributed by atoms with Crippen LogP contribution in [0.25, 0.3) is 5.57 Å². The van der Waals surface area contributed by atoms with Crippen molar-refractivity contribution in [3.63, 3.8) is 0 Å². The Bertz CT molecular complexity index is 679. The summed E-state index contributed by atoms with van der Waals surface area (Å²) < 4.78 is 31.5. The van der Waals surface area contributed by atoms with Gasteiger partial charge in [0.05, 0.1) is 12.0 Å². The van der Waals surface area contributed by atoms with Crippen LogP contribution >= 0.6 is 0 Å². The lowest BCUT2D eigenvalue weighted by molar-refractivity contribution is -0.146. The Kier molecular flexibility index (Phi) is 4.20. The fourth-order valence-corrected chi connectivity index (χ4v) is 4.51. The molecule has 5 nitrogen and oxygen atoms in total. The highest BCUT2D eigenvalue weighted by Gasteiger charge is 2.42. The van der Waals surface area contributed by atoms with Crippen molar-refractivity contribution in [2.24, 2.45) is 5.92 Å². The highest BCUT2D eigenvalue weighted by atomic mass is 32.2. The minimum Gasteiger partial charge on any atom is -0.468 e. The number of sulfonamides is 1. The quantitative estimate of drug-likeness (QED) is 0.800. The van der Waals surface area contributed by atoms with Crippen LogP contribution in [0.1, 0.15) is 19.4 Å². The molecule has 21 heavy (non-hydrogen) atoms. The maximum atomic E-state index is 12.8. The summed E-state index contributed by atoms with van der Waals surface area (Å²) in [5, 5.41) is 0. The van der Waals surface area contributed by atoms with Crippen molar-refractivity contribution in [3.8, 4) is 0 Å². The minimum atomic E-state index is -3.74. The molecule has 0 saturated carbocycles. The molecule has 0 aliphatic carbocycles. The molecular weight excluding hydrogens is 290 g/mol. The van der Waals surface area contributed by atoms with Gasteiger partial charge in [0.2, 0.25) is 10.0 Å². The molecule has 0 aromatic heterocycles. The lowest BCUT2D eigenvalue weighted by Gasteiger charge is -2.35. The van der Waals surface area contributed by atoms with Crippen molar-refractivity contribution >= 4 is 21.6 Å². The number of carbonyl (C=O) groups excluding carboxylic acids is 1. The number of esters is 1. The van der Waals surface area contributed by atoms with Gasteiger partial charge in [0, 0.05) is 6.54 Å². The summed E-state index contributed by atoms with van der Waals surface area (Å²) in [7, 11) is -2.48. The fourth-order valence-electron chi connectivity index (χ4n) is 2.56. The molecule has 0 spiro atoms. The lowest BCUT2D eigenvalue weighted by atomic mass is 10.0. The Morgan fingerprint density at radius 1 is 1.33 bits per heavy atom. The second-order valence-corrected chi connectivity index (χ2v) is 7.22. The number of carbonyl (C=O) groups is 1. The Labute approximate surface area is 125 Å². The lowest BCUT2D eigenvalue weighted by Crippen LogP contribution is -2.50. The zero-order valence-electron chi connectivity index (χ0n) is 12.4. The average molecular weight is 309 g/mol. The highest BCUT2D eigenvalue weighted by molar-refractivity contribution is 7.89. The van der Waals surface area contributed by atoms with Crippen molar-refractivity contribution in [1.29, 1.82) is 0 Å². The largest absolute Gasteiger partial charge is 0.468 e. The molecule has 1 heterocycles. The van der Waals surface area contributed by atoms with E-state index in [-0.39, 0.29) is 17.4 Å². The standard InChI is InChI=1S/C15H19NO4S/c1-10(2)14(15(17)20-4)16-9-11(3)12-7-5-6-8-13(12)21(16,18)19/h5-8,10,14H,3,9H2,1-2,4H3/t14-/m1/s1. The van der Waals surface area contributed by atoms with Gasteiger partial charge in [0.25, 0.3) is 0 Å². The number of rotatable bonds is 3. The summed E-state index contributed by atoms with van der Waals surface area (Å²) in [6.07, 6.45) is 0. The molecule has 0 unspecified atom stereocenters. The molecule has 0 bridgehead atoms. The first kappa shape index (κ1) is 15.7. The van der Waals surface area contributed by atoms with Gasteiger partial charge < -0.3 is 4.74 Å². The third kappa shape index (κ3) is 2.61. The highest BCUT2D eigenvalue weighted by Crippen LogP contribution is 2.34. The molecule has 2 rings (SSSR count). The molecule has 0 fully saturated rings. The first-order valence-corrected chi connectivity index (χ1v) is 8.11. The van der Waals surface area contributed by atoms with Crippen LogP contribution in [0.15, 0.2) is 35.7 Å². The van der Waals surface area contributed by atoms with Gasteiger partial charge in [0.1, 0.15) is 6.04 Å².